The van der Waals surface area contributed by atoms with Crippen LogP contribution in [0.25, 0.3) is 0 Å². The molecule has 0 radical (unpaired) electrons. The Morgan fingerprint density at radius 3 is 1.61 bits per heavy atom. The van der Waals surface area contributed by atoms with Crippen LogP contribution in [0.3, 0.4) is 0 Å². The van der Waals surface area contributed by atoms with Crippen molar-refractivity contribution in [3.05, 3.63) is 0 Å². The monoisotopic (exact) mass is 910 g/mol. The van der Waals surface area contributed by atoms with Crippen LogP contribution >= 0.6 is 27.4 Å². The molecule has 1 rings (SSSR count). The molecule has 0 aromatic rings. The van der Waals surface area contributed by atoms with Gasteiger partial charge in [0.1, 0.15) is 49.5 Å². The zero-order chi connectivity index (χ0) is 44.5. The van der Waals surface area contributed by atoms with Crippen LogP contribution < -0.4 is 0 Å². The van der Waals surface area contributed by atoms with Gasteiger partial charge in [-0.15, -0.1) is 0 Å². The van der Waals surface area contributed by atoms with Gasteiger partial charge < -0.3 is 49.7 Å². The second kappa shape index (κ2) is 34.3. The van der Waals surface area contributed by atoms with Crippen LogP contribution in [-0.4, -0.2) is 114 Å². The van der Waals surface area contributed by atoms with Crippen molar-refractivity contribution < 1.29 is 92.0 Å². The summed E-state index contributed by atoms with van der Waals surface area (Å²) in [5.74, 6) is 17.2. The molecule has 0 saturated heterocycles. The van der Waals surface area contributed by atoms with Gasteiger partial charge in [0, 0.05) is 34.6 Å². The highest BCUT2D eigenvalue weighted by Crippen LogP contribution is 2.48. The number of carbonyl (C=O) groups is 2. The molecule has 1 aliphatic carbocycles. The number of aliphatic hydroxyl groups is 5. The van der Waals surface area contributed by atoms with Gasteiger partial charge in [-0.1, -0.05) is 96.8 Å². The Morgan fingerprint density at radius 1 is 0.661 bits per heavy atom. The van der Waals surface area contributed by atoms with Gasteiger partial charge in [0.2, 0.25) is 5.12 Å². The van der Waals surface area contributed by atoms with Crippen molar-refractivity contribution in [2.75, 3.05) is 20.0 Å². The van der Waals surface area contributed by atoms with Crippen molar-refractivity contribution in [3.8, 4) is 46.7 Å². The lowest BCUT2D eigenvalue weighted by Crippen LogP contribution is -2.64. The standard InChI is InChI=1S/C26H52O16P2.C13H10OS.7H2/c1-2-3-4-5-6-7-8-9-10-11-12-13-14-15-20(28)40-19(16-38-18-27)17-39-44(36,37)42-26-23(31)21(29)25(22(30)24(26)32)41-43(33,34)35;1-3-5-6-7-8-9-10-12-15-13(14)11-4-2;;;;;;;/h19,21-27,29-32H,2-18H2,1H3,(H,36,37)(H2,33,34,35);4,11H2,1-2H3;7*1H/t19-,21+,22?,23?,24+,25?,26?;;;;;;;;/m1......../s1. The highest BCUT2D eigenvalue weighted by molar-refractivity contribution is 8.17. The van der Waals surface area contributed by atoms with Crippen molar-refractivity contribution in [1.29, 1.82) is 0 Å². The molecule has 17 nitrogen and oxygen atoms in total. The first-order valence-electron chi connectivity index (χ1n) is 19.6. The first-order chi connectivity index (χ1) is 28.0. The van der Waals surface area contributed by atoms with Gasteiger partial charge in [-0.3, -0.25) is 23.2 Å². The number of ether oxygens (including phenoxy) is 2. The molecule has 350 valence electrons. The fraction of sp³-hybridized carbons (Fsp3) is 0.744. The molecule has 1 saturated carbocycles. The largest absolute Gasteiger partial charge is 0.472 e. The Morgan fingerprint density at radius 2 is 1.14 bits per heavy atom. The third-order valence-electron chi connectivity index (χ3n) is 8.27. The minimum Gasteiger partial charge on any atom is -0.457 e. The van der Waals surface area contributed by atoms with E-state index in [1.54, 1.807) is 6.92 Å². The van der Waals surface area contributed by atoms with E-state index in [2.05, 4.69) is 58.1 Å². The molecule has 1 fully saturated rings. The molecule has 0 aromatic heterocycles. The summed E-state index contributed by atoms with van der Waals surface area (Å²) in [7, 11) is -10.4. The number of carbonyl (C=O) groups excluding carboxylic acids is 2. The second-order valence-corrected chi connectivity index (χ2v) is 16.7. The highest BCUT2D eigenvalue weighted by Gasteiger charge is 2.54. The van der Waals surface area contributed by atoms with E-state index in [4.69, 9.17) is 33.4 Å². The van der Waals surface area contributed by atoms with Crippen molar-refractivity contribution >= 4 is 38.5 Å². The summed E-state index contributed by atoms with van der Waals surface area (Å²) in [5, 5.41) is 52.2. The Labute approximate surface area is 362 Å². The number of phosphoric acid groups is 2. The Hall–Kier alpha value is -2.29. The van der Waals surface area contributed by atoms with Gasteiger partial charge >= 0.3 is 21.6 Å². The maximum absolute atomic E-state index is 12.5. The summed E-state index contributed by atoms with van der Waals surface area (Å²) < 4.78 is 47.3. The molecule has 0 amide bonds. The van der Waals surface area contributed by atoms with E-state index < -0.39 is 84.3 Å². The molecule has 0 heterocycles. The van der Waals surface area contributed by atoms with E-state index in [0.717, 1.165) is 43.9 Å². The van der Waals surface area contributed by atoms with Crippen molar-refractivity contribution in [1.82, 2.24) is 0 Å². The Balaban J connectivity index is -0.000000220. The smallest absolute Gasteiger partial charge is 0.457 e. The number of phosphoric ester groups is 2. The zero-order valence-corrected chi connectivity index (χ0v) is 36.6. The SMILES string of the molecule is CC#CC#CC#CC#CSC(=O)CCC.CCCCCCCCCCCCCCCC(=O)O[C@H](COCO)COP(=O)(O)OC1C(O)[C@H](O)C(OP(=O)(O)O)C(O)[C@@H]1O.[HH].[HH].[HH].[HH].[HH].[HH].[HH]. The lowest BCUT2D eigenvalue weighted by atomic mass is 9.85. The lowest BCUT2D eigenvalue weighted by Gasteiger charge is -2.43. The Kier molecular flexibility index (Phi) is 33.0. The van der Waals surface area contributed by atoms with Gasteiger partial charge in [0.05, 0.1) is 13.2 Å². The molecular weight excluding hydrogens is 834 g/mol. The van der Waals surface area contributed by atoms with Crippen molar-refractivity contribution in [3.63, 3.8) is 0 Å². The molecule has 0 spiro atoms. The van der Waals surface area contributed by atoms with Crippen molar-refractivity contribution in [2.24, 2.45) is 0 Å². The molecule has 0 bridgehead atoms. The number of rotatable bonds is 27. The van der Waals surface area contributed by atoms with Gasteiger partial charge in [0.15, 0.2) is 0 Å². The number of aliphatic hydroxyl groups excluding tert-OH is 5. The summed E-state index contributed by atoms with van der Waals surface area (Å²) in [5.41, 5.74) is 0. The van der Waals surface area contributed by atoms with Gasteiger partial charge in [-0.25, -0.2) is 9.13 Å². The molecule has 0 aromatic carbocycles. The first kappa shape index (κ1) is 56.7. The van der Waals surface area contributed by atoms with E-state index in [9.17, 15) is 44.0 Å². The number of hydrogen-bond acceptors (Lipinski definition) is 15. The highest BCUT2D eigenvalue weighted by atomic mass is 32.2. The van der Waals surface area contributed by atoms with Crippen LogP contribution in [0, 0.1) is 46.7 Å². The number of unbranched alkanes of at least 4 members (excludes halogenated alkanes) is 12. The summed E-state index contributed by atoms with van der Waals surface area (Å²) >= 11 is 0.991. The number of thioether (sulfide) groups is 1. The summed E-state index contributed by atoms with van der Waals surface area (Å²) in [4.78, 5) is 51.2. The molecule has 1 aliphatic rings. The molecule has 59 heavy (non-hydrogen) atoms. The molecule has 8 atom stereocenters. The molecular formula is C39H76O17P2S. The number of hydrogen-bond donors (Lipinski definition) is 8. The molecule has 0 aliphatic heterocycles. The van der Waals surface area contributed by atoms with E-state index in [1.807, 2.05) is 6.92 Å². The van der Waals surface area contributed by atoms with Crippen LogP contribution in [0.5, 0.6) is 0 Å². The van der Waals surface area contributed by atoms with E-state index in [-0.39, 0.29) is 21.5 Å². The zero-order valence-electron chi connectivity index (χ0n) is 34.0. The van der Waals surface area contributed by atoms with Crippen LogP contribution in [0.15, 0.2) is 0 Å². The fourth-order valence-corrected chi connectivity index (χ4v) is 7.39. The van der Waals surface area contributed by atoms with Gasteiger partial charge in [-0.05, 0) is 60.5 Å². The van der Waals surface area contributed by atoms with Gasteiger partial charge in [0.25, 0.3) is 0 Å². The topological polar surface area (TPSA) is 276 Å². The second-order valence-electron chi connectivity index (χ2n) is 13.3. The third-order valence-corrected chi connectivity index (χ3v) is 10.4. The fourth-order valence-electron chi connectivity index (χ4n) is 5.33. The van der Waals surface area contributed by atoms with E-state index in [1.165, 1.54) is 51.4 Å². The molecule has 5 unspecified atom stereocenters. The third kappa shape index (κ3) is 29.6. The normalized spacial score (nSPS) is 21.2. The average molecular weight is 911 g/mol. The average Bonchev–Trinajstić information content (AvgIpc) is 3.18. The quantitative estimate of drug-likeness (QED) is 0.0165. The summed E-state index contributed by atoms with van der Waals surface area (Å²) in [6, 6.07) is 0. The maximum Gasteiger partial charge on any atom is 0.472 e. The minimum atomic E-state index is -5.27. The van der Waals surface area contributed by atoms with Crippen LogP contribution in [0.4, 0.5) is 0 Å². The predicted octanol–water partition coefficient (Wildman–Crippen LogP) is 5.54. The molecule has 8 N–H and O–H groups in total. The van der Waals surface area contributed by atoms with Crippen LogP contribution in [-0.2, 0) is 41.8 Å². The molecule has 20 heteroatoms. The first-order valence-corrected chi connectivity index (χ1v) is 23.5. The van der Waals surface area contributed by atoms with E-state index >= 15 is 0 Å². The predicted molar refractivity (Wildman–Crippen MR) is 234 cm³/mol. The lowest BCUT2D eigenvalue weighted by molar-refractivity contribution is -0.216. The minimum absolute atomic E-state index is 0. The van der Waals surface area contributed by atoms with Crippen molar-refractivity contribution in [2.45, 2.75) is 166 Å². The number of esters is 1. The van der Waals surface area contributed by atoms with Gasteiger partial charge in [-0.2, -0.15) is 0 Å². The van der Waals surface area contributed by atoms with E-state index in [0.29, 0.717) is 12.8 Å². The Bertz CT molecular complexity index is 1560. The van der Waals surface area contributed by atoms with Crippen LogP contribution in [0.2, 0.25) is 0 Å². The maximum atomic E-state index is 12.5. The van der Waals surface area contributed by atoms with Crippen LogP contribution in [0.1, 0.15) is 133 Å². The summed E-state index contributed by atoms with van der Waals surface area (Å²) in [6.07, 6.45) is 1.70. The summed E-state index contributed by atoms with van der Waals surface area (Å²) in [6.45, 7) is 3.95.